The molecule has 0 aliphatic rings. The fraction of sp³-hybridized carbons (Fsp3) is 1.00. The zero-order valence-electron chi connectivity index (χ0n) is 7.91. The Hall–Kier alpha value is -0.640. The van der Waals surface area contributed by atoms with Crippen LogP contribution >= 0.6 is 0 Å². The highest BCUT2D eigenvalue weighted by Crippen LogP contribution is 1.92. The van der Waals surface area contributed by atoms with Crippen LogP contribution in [0.15, 0.2) is 0 Å². The number of rotatable bonds is 8. The molecule has 0 saturated carbocycles. The van der Waals surface area contributed by atoms with Crippen LogP contribution in [0.1, 0.15) is 39.5 Å². The van der Waals surface area contributed by atoms with Gasteiger partial charge in [0.2, 0.25) is 0 Å². The van der Waals surface area contributed by atoms with E-state index in [2.05, 4.69) is 16.8 Å². The van der Waals surface area contributed by atoms with E-state index in [4.69, 9.17) is 0 Å². The van der Waals surface area contributed by atoms with Crippen LogP contribution in [0.2, 0.25) is 0 Å². The molecule has 0 heterocycles. The standard InChI is InChI=1S/C8H18NO3/c1-3-5-7-9(10)12-11-8-6-4-2/h3-8H2,1-2H3/q+1. The monoisotopic (exact) mass is 176 g/mol. The molecule has 0 aromatic heterocycles. The lowest BCUT2D eigenvalue weighted by molar-refractivity contribution is -0.886. The minimum absolute atomic E-state index is 0.378. The van der Waals surface area contributed by atoms with Gasteiger partial charge in [0, 0.05) is 6.42 Å². The lowest BCUT2D eigenvalue weighted by atomic mass is 10.3. The van der Waals surface area contributed by atoms with E-state index in [0.29, 0.717) is 18.1 Å². The molecule has 0 amide bonds. The Balaban J connectivity index is 3.08. The molecule has 4 nitrogen and oxygen atoms in total. The van der Waals surface area contributed by atoms with Crippen molar-refractivity contribution in [1.82, 2.24) is 0 Å². The molecule has 72 valence electrons. The van der Waals surface area contributed by atoms with Gasteiger partial charge < -0.3 is 0 Å². The van der Waals surface area contributed by atoms with Crippen LogP contribution in [0.4, 0.5) is 0 Å². The summed E-state index contributed by atoms with van der Waals surface area (Å²) in [6, 6.07) is 0. The van der Waals surface area contributed by atoms with E-state index in [0.717, 1.165) is 25.7 Å². The van der Waals surface area contributed by atoms with E-state index in [1.54, 1.807) is 0 Å². The second-order valence-electron chi connectivity index (χ2n) is 2.66. The molecule has 0 atom stereocenters. The number of unbranched alkanes of at least 4 members (excludes halogenated alkanes) is 2. The summed E-state index contributed by atoms with van der Waals surface area (Å²) in [5.41, 5.74) is 0. The third kappa shape index (κ3) is 7.47. The van der Waals surface area contributed by atoms with Crippen molar-refractivity contribution < 1.29 is 14.8 Å². The molecule has 0 aliphatic carbocycles. The lowest BCUT2D eigenvalue weighted by Crippen LogP contribution is -2.11. The molecule has 0 fully saturated rings. The van der Waals surface area contributed by atoms with Crippen molar-refractivity contribution >= 4 is 0 Å². The Bertz CT molecular complexity index is 117. The van der Waals surface area contributed by atoms with Gasteiger partial charge in [-0.05, 0) is 17.8 Å². The summed E-state index contributed by atoms with van der Waals surface area (Å²) in [7, 11) is 0. The van der Waals surface area contributed by atoms with Crippen molar-refractivity contribution in [2.24, 2.45) is 0 Å². The highest BCUT2D eigenvalue weighted by Gasteiger charge is 2.09. The zero-order valence-corrected chi connectivity index (χ0v) is 7.91. The normalized spacial score (nSPS) is 9.83. The van der Waals surface area contributed by atoms with Crippen LogP contribution < -0.4 is 0 Å². The molecule has 12 heavy (non-hydrogen) atoms. The smallest absolute Gasteiger partial charge is 0.124 e. The van der Waals surface area contributed by atoms with Gasteiger partial charge in [-0.25, -0.2) is 0 Å². The largest absolute Gasteiger partial charge is 0.253 e. The SMILES string of the molecule is CCCCOO[N+](=O)CCCC. The summed E-state index contributed by atoms with van der Waals surface area (Å²) in [6.45, 7) is 4.94. The van der Waals surface area contributed by atoms with Crippen molar-refractivity contribution in [3.63, 3.8) is 0 Å². The van der Waals surface area contributed by atoms with E-state index in [-0.39, 0.29) is 0 Å². The molecule has 0 unspecified atom stereocenters. The molecule has 4 heteroatoms. The first-order valence-electron chi connectivity index (χ1n) is 4.55. The van der Waals surface area contributed by atoms with Gasteiger partial charge in [-0.1, -0.05) is 20.3 Å². The Morgan fingerprint density at radius 2 is 1.83 bits per heavy atom. The maximum atomic E-state index is 10.7. The van der Waals surface area contributed by atoms with Crippen molar-refractivity contribution in [2.75, 3.05) is 13.2 Å². The molecular weight excluding hydrogens is 158 g/mol. The number of hydrogen-bond donors (Lipinski definition) is 0. The van der Waals surface area contributed by atoms with E-state index < -0.39 is 0 Å². The minimum Gasteiger partial charge on any atom is -0.124 e. The van der Waals surface area contributed by atoms with Crippen LogP contribution in [-0.4, -0.2) is 18.1 Å². The summed E-state index contributed by atoms with van der Waals surface area (Å²) in [5.74, 6) is 0. The Kier molecular flexibility index (Phi) is 8.01. The van der Waals surface area contributed by atoms with Gasteiger partial charge in [-0.15, -0.1) is 4.89 Å². The Morgan fingerprint density at radius 3 is 2.42 bits per heavy atom. The Labute approximate surface area is 73.3 Å². The highest BCUT2D eigenvalue weighted by molar-refractivity contribution is 4.26. The van der Waals surface area contributed by atoms with Crippen molar-refractivity contribution in [3.05, 3.63) is 4.91 Å². The minimum atomic E-state index is 0.378. The van der Waals surface area contributed by atoms with Crippen LogP contribution in [0.5, 0.6) is 0 Å². The molecule has 0 bridgehead atoms. The Morgan fingerprint density at radius 1 is 1.17 bits per heavy atom. The maximum absolute atomic E-state index is 10.7. The summed E-state index contributed by atoms with van der Waals surface area (Å²) >= 11 is 0. The second kappa shape index (κ2) is 8.46. The average molecular weight is 176 g/mol. The summed E-state index contributed by atoms with van der Waals surface area (Å²) in [6.07, 6.45) is 3.77. The quantitative estimate of drug-likeness (QED) is 0.323. The first-order valence-corrected chi connectivity index (χ1v) is 4.55. The fourth-order valence-corrected chi connectivity index (χ4v) is 0.624. The van der Waals surface area contributed by atoms with Gasteiger partial charge in [-0.2, -0.15) is 0 Å². The van der Waals surface area contributed by atoms with Crippen molar-refractivity contribution in [1.29, 1.82) is 0 Å². The molecule has 0 aliphatic heterocycles. The van der Waals surface area contributed by atoms with E-state index in [9.17, 15) is 4.91 Å². The van der Waals surface area contributed by atoms with Gasteiger partial charge in [-0.3, -0.25) is 0 Å². The molecule has 0 aromatic rings. The average Bonchev–Trinajstić information content (AvgIpc) is 2.09. The van der Waals surface area contributed by atoms with Gasteiger partial charge >= 0.3 is 0 Å². The second-order valence-corrected chi connectivity index (χ2v) is 2.66. The van der Waals surface area contributed by atoms with Gasteiger partial charge in [0.1, 0.15) is 6.61 Å². The molecule has 0 saturated heterocycles. The summed E-state index contributed by atoms with van der Waals surface area (Å²) < 4.78 is 0. The summed E-state index contributed by atoms with van der Waals surface area (Å²) in [5, 5.41) is 0. The molecule has 0 aromatic carbocycles. The predicted molar refractivity (Wildman–Crippen MR) is 45.3 cm³/mol. The third-order valence-corrected chi connectivity index (χ3v) is 1.41. The van der Waals surface area contributed by atoms with Crippen LogP contribution in [0.3, 0.4) is 0 Å². The molecule has 0 N–H and O–H groups in total. The highest BCUT2D eigenvalue weighted by atomic mass is 17.3. The number of nitrogens with zero attached hydrogens (tertiary/aromatic N) is 1. The topological polar surface area (TPSA) is 38.5 Å². The third-order valence-electron chi connectivity index (χ3n) is 1.41. The van der Waals surface area contributed by atoms with Crippen LogP contribution in [0, 0.1) is 4.91 Å². The molecular formula is C8H18NO3+. The first kappa shape index (κ1) is 11.4. The molecule has 0 spiro atoms. The van der Waals surface area contributed by atoms with E-state index in [1.807, 2.05) is 6.92 Å². The number of hydrogen-bond acceptors (Lipinski definition) is 3. The van der Waals surface area contributed by atoms with Gasteiger partial charge in [0.25, 0.3) is 11.5 Å². The lowest BCUT2D eigenvalue weighted by Gasteiger charge is -1.93. The van der Waals surface area contributed by atoms with E-state index in [1.165, 1.54) is 0 Å². The fourth-order valence-electron chi connectivity index (χ4n) is 0.624. The maximum Gasteiger partial charge on any atom is 0.253 e. The molecule has 0 radical (unpaired) electrons. The predicted octanol–water partition coefficient (Wildman–Crippen LogP) is 2.23. The van der Waals surface area contributed by atoms with Gasteiger partial charge in [0.05, 0.1) is 4.91 Å². The van der Waals surface area contributed by atoms with Crippen LogP contribution in [0.25, 0.3) is 0 Å². The van der Waals surface area contributed by atoms with Crippen molar-refractivity contribution in [2.45, 2.75) is 39.5 Å². The van der Waals surface area contributed by atoms with Crippen molar-refractivity contribution in [3.8, 4) is 0 Å². The summed E-state index contributed by atoms with van der Waals surface area (Å²) in [4.78, 5) is 20.3. The van der Waals surface area contributed by atoms with Gasteiger partial charge in [0.15, 0.2) is 0 Å². The zero-order chi connectivity index (χ0) is 9.23. The molecule has 0 rings (SSSR count). The first-order chi connectivity index (χ1) is 5.81. The van der Waals surface area contributed by atoms with Crippen LogP contribution in [-0.2, 0) is 9.88 Å². The van der Waals surface area contributed by atoms with E-state index >= 15 is 0 Å².